The van der Waals surface area contributed by atoms with E-state index in [0.29, 0.717) is 0 Å². The van der Waals surface area contributed by atoms with Gasteiger partial charge in [0, 0.05) is 0 Å². The summed E-state index contributed by atoms with van der Waals surface area (Å²) < 4.78 is 1.45. The van der Waals surface area contributed by atoms with E-state index in [2.05, 4.69) is 32.0 Å². The zero-order valence-electron chi connectivity index (χ0n) is 5.81. The van der Waals surface area contributed by atoms with Crippen molar-refractivity contribution in [1.29, 1.82) is 0 Å². The van der Waals surface area contributed by atoms with E-state index in [1.807, 2.05) is 0 Å². The molecule has 0 aromatic heterocycles. The maximum atomic E-state index is 2.23. The van der Waals surface area contributed by atoms with E-state index in [1.165, 1.54) is 15.5 Å². The first-order chi connectivity index (χ1) is 4.20. The van der Waals surface area contributed by atoms with E-state index in [4.69, 9.17) is 0 Å². The molecule has 0 saturated heterocycles. The first kappa shape index (κ1) is 6.89. The number of hydrogen-bond donors (Lipinski definition) is 0. The van der Waals surface area contributed by atoms with Crippen molar-refractivity contribution < 1.29 is 0 Å². The summed E-state index contributed by atoms with van der Waals surface area (Å²) in [5.41, 5.74) is 2.76. The molecule has 0 saturated carbocycles. The van der Waals surface area contributed by atoms with Gasteiger partial charge in [-0.05, 0) is 0 Å². The summed E-state index contributed by atoms with van der Waals surface area (Å²) in [5.74, 6) is 0. The van der Waals surface area contributed by atoms with E-state index in [-0.39, 0.29) is 0 Å². The van der Waals surface area contributed by atoms with Crippen molar-refractivity contribution in [2.75, 3.05) is 0 Å². The molecule has 0 radical (unpaired) electrons. The molecule has 0 aliphatic heterocycles. The summed E-state index contributed by atoms with van der Waals surface area (Å²) in [6.45, 7) is 4.28. The first-order valence-electron chi connectivity index (χ1n) is 3.03. The monoisotopic (exact) mass is 182 g/mol. The summed E-state index contributed by atoms with van der Waals surface area (Å²) >= 11 is 1.71. The standard InChI is InChI=1S/C8H11As/c1-6-3-4-7(2)8(9)5-6/h3-5H,9H2,1-2H3. The molecule has 1 aromatic carbocycles. The van der Waals surface area contributed by atoms with Gasteiger partial charge in [-0.15, -0.1) is 0 Å². The molecule has 0 aliphatic rings. The Hall–Kier alpha value is -0.222. The molecule has 0 nitrogen and oxygen atoms in total. The Labute approximate surface area is 64.8 Å². The van der Waals surface area contributed by atoms with Crippen LogP contribution >= 0.6 is 0 Å². The molecular weight excluding hydrogens is 171 g/mol. The average molecular weight is 182 g/mol. The molecule has 0 N–H and O–H groups in total. The van der Waals surface area contributed by atoms with Crippen LogP contribution in [0.25, 0.3) is 0 Å². The molecule has 1 atom stereocenters. The SMILES string of the molecule is Cc1ccc(C)c([AsH2])c1. The average Bonchev–Trinajstić information content (AvgIpc) is 1.80. The van der Waals surface area contributed by atoms with Crippen LogP contribution in [-0.4, -0.2) is 16.9 Å². The fourth-order valence-corrected chi connectivity index (χ4v) is 1.51. The van der Waals surface area contributed by atoms with Gasteiger partial charge in [0.05, 0.1) is 0 Å². The zero-order chi connectivity index (χ0) is 6.85. The van der Waals surface area contributed by atoms with E-state index in [0.717, 1.165) is 0 Å². The Morgan fingerprint density at radius 1 is 1.22 bits per heavy atom. The topological polar surface area (TPSA) is 0 Å². The van der Waals surface area contributed by atoms with Gasteiger partial charge in [-0.1, -0.05) is 0 Å². The van der Waals surface area contributed by atoms with Gasteiger partial charge in [0.15, 0.2) is 0 Å². The summed E-state index contributed by atoms with van der Waals surface area (Å²) in [5, 5.41) is 0. The Morgan fingerprint density at radius 3 is 2.33 bits per heavy atom. The Balaban J connectivity index is 3.17. The molecule has 0 bridgehead atoms. The van der Waals surface area contributed by atoms with Gasteiger partial charge >= 0.3 is 64.4 Å². The van der Waals surface area contributed by atoms with Crippen LogP contribution in [0, 0.1) is 13.8 Å². The molecule has 9 heavy (non-hydrogen) atoms. The molecule has 1 heteroatoms. The van der Waals surface area contributed by atoms with E-state index < -0.39 is 0 Å². The second-order valence-corrected chi connectivity index (χ2v) is 3.67. The number of rotatable bonds is 0. The van der Waals surface area contributed by atoms with Crippen LogP contribution in [0.1, 0.15) is 11.1 Å². The van der Waals surface area contributed by atoms with Crippen LogP contribution in [0.2, 0.25) is 0 Å². The molecule has 0 heterocycles. The van der Waals surface area contributed by atoms with Crippen molar-refractivity contribution in [3.63, 3.8) is 0 Å². The van der Waals surface area contributed by atoms with Crippen molar-refractivity contribution in [1.82, 2.24) is 0 Å². The van der Waals surface area contributed by atoms with E-state index in [1.54, 1.807) is 16.9 Å². The molecule has 1 rings (SSSR count). The predicted molar refractivity (Wildman–Crippen MR) is 44.1 cm³/mol. The van der Waals surface area contributed by atoms with Crippen LogP contribution in [0.15, 0.2) is 18.2 Å². The summed E-state index contributed by atoms with van der Waals surface area (Å²) in [7, 11) is 0. The Kier molecular flexibility index (Phi) is 1.97. The van der Waals surface area contributed by atoms with Crippen LogP contribution in [0.5, 0.6) is 0 Å². The third-order valence-electron chi connectivity index (χ3n) is 1.43. The molecule has 0 aliphatic carbocycles. The minimum atomic E-state index is 1.36. The fraction of sp³-hybridized carbons (Fsp3) is 0.250. The summed E-state index contributed by atoms with van der Waals surface area (Å²) in [6.07, 6.45) is 0. The van der Waals surface area contributed by atoms with Crippen LogP contribution < -0.4 is 4.35 Å². The van der Waals surface area contributed by atoms with Gasteiger partial charge in [-0.2, -0.15) is 0 Å². The second-order valence-electron chi connectivity index (χ2n) is 2.36. The van der Waals surface area contributed by atoms with E-state index in [9.17, 15) is 0 Å². The van der Waals surface area contributed by atoms with Gasteiger partial charge in [0.1, 0.15) is 0 Å². The Morgan fingerprint density at radius 2 is 1.89 bits per heavy atom. The van der Waals surface area contributed by atoms with Crippen molar-refractivity contribution in [3.8, 4) is 0 Å². The number of aryl methyl sites for hydroxylation is 2. The molecule has 1 unspecified atom stereocenters. The molecule has 48 valence electrons. The summed E-state index contributed by atoms with van der Waals surface area (Å²) in [6, 6.07) is 6.56. The van der Waals surface area contributed by atoms with Gasteiger partial charge in [0.25, 0.3) is 0 Å². The normalized spacial score (nSPS) is 9.67. The van der Waals surface area contributed by atoms with Gasteiger partial charge < -0.3 is 0 Å². The molecule has 0 amide bonds. The number of benzene rings is 1. The molecular formula is C8H11As. The van der Waals surface area contributed by atoms with Crippen molar-refractivity contribution >= 4 is 21.2 Å². The van der Waals surface area contributed by atoms with Crippen molar-refractivity contribution in [3.05, 3.63) is 29.3 Å². The van der Waals surface area contributed by atoms with Crippen LogP contribution in [0.4, 0.5) is 0 Å². The quantitative estimate of drug-likeness (QED) is 0.514. The third kappa shape index (κ3) is 1.59. The first-order valence-corrected chi connectivity index (χ1v) is 4.24. The minimum absolute atomic E-state index is 1.36. The van der Waals surface area contributed by atoms with Gasteiger partial charge in [-0.3, -0.25) is 0 Å². The predicted octanol–water partition coefficient (Wildman–Crippen LogP) is 0.562. The van der Waals surface area contributed by atoms with Gasteiger partial charge in [0.2, 0.25) is 0 Å². The zero-order valence-corrected chi connectivity index (χ0v) is 8.23. The molecule has 0 fully saturated rings. The van der Waals surface area contributed by atoms with Crippen molar-refractivity contribution in [2.45, 2.75) is 13.8 Å². The van der Waals surface area contributed by atoms with Gasteiger partial charge in [-0.25, -0.2) is 0 Å². The molecule has 0 spiro atoms. The Bertz CT molecular complexity index is 216. The second kappa shape index (κ2) is 2.58. The van der Waals surface area contributed by atoms with Crippen LogP contribution in [0.3, 0.4) is 0 Å². The fourth-order valence-electron chi connectivity index (χ4n) is 0.760. The maximum absolute atomic E-state index is 2.23. The van der Waals surface area contributed by atoms with Crippen molar-refractivity contribution in [2.24, 2.45) is 0 Å². The third-order valence-corrected chi connectivity index (χ3v) is 2.74. The van der Waals surface area contributed by atoms with Crippen LogP contribution in [-0.2, 0) is 0 Å². The molecule has 1 aromatic rings. The number of hydrogen-bond acceptors (Lipinski definition) is 0. The van der Waals surface area contributed by atoms with E-state index >= 15 is 0 Å². The summed E-state index contributed by atoms with van der Waals surface area (Å²) in [4.78, 5) is 0.